The van der Waals surface area contributed by atoms with Crippen molar-refractivity contribution < 1.29 is 0 Å². The van der Waals surface area contributed by atoms with E-state index in [9.17, 15) is 0 Å². The molecule has 0 aliphatic heterocycles. The smallest absolute Gasteiger partial charge is 0.0134 e. The molecule has 5 aromatic rings. The third kappa shape index (κ3) is 18.6. The third-order valence-corrected chi connectivity index (χ3v) is 7.99. The fourth-order valence-corrected chi connectivity index (χ4v) is 5.91. The lowest BCUT2D eigenvalue weighted by Crippen LogP contribution is -2.20. The van der Waals surface area contributed by atoms with Crippen molar-refractivity contribution in [3.63, 3.8) is 0 Å². The van der Waals surface area contributed by atoms with Crippen molar-refractivity contribution >= 4 is 23.8 Å². The van der Waals surface area contributed by atoms with Gasteiger partial charge >= 0.3 is 0 Å². The van der Waals surface area contributed by atoms with Gasteiger partial charge in [0.2, 0.25) is 0 Å². The maximum absolute atomic E-state index is 2.23. The lowest BCUT2D eigenvalue weighted by Gasteiger charge is -2.18. The summed E-state index contributed by atoms with van der Waals surface area (Å²) in [4.78, 5) is 4.00. The van der Waals surface area contributed by atoms with E-state index in [1.54, 1.807) is 0 Å². The van der Waals surface area contributed by atoms with Gasteiger partial charge in [-0.1, -0.05) is 166 Å². The molecule has 0 N–H and O–H groups in total. The Balaban J connectivity index is 0.000000319. The van der Waals surface area contributed by atoms with Gasteiger partial charge in [0, 0.05) is 0 Å². The molecule has 2 nitrogen and oxygen atoms in total. The summed E-state index contributed by atoms with van der Waals surface area (Å²) in [6.07, 6.45) is 2.28. The molecular formula is C40H53N2P. The first-order chi connectivity index (χ1) is 20.8. The molecule has 5 rings (SSSR count). The van der Waals surface area contributed by atoms with Crippen LogP contribution in [0.1, 0.15) is 25.0 Å². The number of rotatable bonds is 5. The van der Waals surface area contributed by atoms with Crippen molar-refractivity contribution in [2.75, 3.05) is 42.3 Å². The summed E-state index contributed by atoms with van der Waals surface area (Å²) in [5, 5.41) is 4.19. The summed E-state index contributed by atoms with van der Waals surface area (Å²) in [6.45, 7) is 4.32. The van der Waals surface area contributed by atoms with Crippen molar-refractivity contribution in [1.29, 1.82) is 0 Å². The first-order valence-electron chi connectivity index (χ1n) is 15.0. The summed E-state index contributed by atoms with van der Waals surface area (Å²) in [5.41, 5.74) is 2.82. The molecule has 0 radical (unpaired) electrons. The van der Waals surface area contributed by atoms with Crippen LogP contribution in [0.2, 0.25) is 0 Å². The van der Waals surface area contributed by atoms with E-state index in [2.05, 4.69) is 153 Å². The predicted molar refractivity (Wildman–Crippen MR) is 196 cm³/mol. The lowest BCUT2D eigenvalue weighted by molar-refractivity contribution is 0.505. The Kier molecular flexibility index (Phi) is 20.9. The van der Waals surface area contributed by atoms with Crippen LogP contribution in [-0.4, -0.2) is 52.1 Å². The Morgan fingerprint density at radius 1 is 0.349 bits per heavy atom. The van der Waals surface area contributed by atoms with Crippen LogP contribution >= 0.6 is 7.92 Å². The van der Waals surface area contributed by atoms with Crippen LogP contribution in [0.4, 0.5) is 0 Å². The van der Waals surface area contributed by atoms with E-state index in [1.165, 1.54) is 27.0 Å². The Hall–Kier alpha value is -3.55. The van der Waals surface area contributed by atoms with Crippen LogP contribution in [-0.2, 0) is 12.8 Å². The first-order valence-corrected chi connectivity index (χ1v) is 16.4. The average Bonchev–Trinajstić information content (AvgIpc) is 3.04. The Bertz CT molecular complexity index is 1130. The summed E-state index contributed by atoms with van der Waals surface area (Å²) < 4.78 is 0. The van der Waals surface area contributed by atoms with Gasteiger partial charge in [0.15, 0.2) is 0 Å². The van der Waals surface area contributed by atoms with Crippen LogP contribution in [0.25, 0.3) is 0 Å². The van der Waals surface area contributed by atoms with Gasteiger partial charge < -0.3 is 9.80 Å². The minimum Gasteiger partial charge on any atom is -0.312 e. The zero-order chi connectivity index (χ0) is 31.7. The van der Waals surface area contributed by atoms with Crippen molar-refractivity contribution in [2.45, 2.75) is 26.7 Å². The second-order valence-electron chi connectivity index (χ2n) is 10.7. The number of benzene rings is 5. The van der Waals surface area contributed by atoms with Crippen LogP contribution in [0.15, 0.2) is 152 Å². The molecule has 0 bridgehead atoms. The number of hydrogen-bond acceptors (Lipinski definition) is 2. The molecule has 0 heterocycles. The molecule has 0 saturated carbocycles. The highest BCUT2D eigenvalue weighted by Gasteiger charge is 2.14. The molecule has 0 aromatic heterocycles. The van der Waals surface area contributed by atoms with Gasteiger partial charge in [0.1, 0.15) is 0 Å². The molecule has 0 fully saturated rings. The summed E-state index contributed by atoms with van der Waals surface area (Å²) >= 11 is 0. The fraction of sp³-hybridized carbons (Fsp3) is 0.250. The van der Waals surface area contributed by atoms with Gasteiger partial charge in [0.25, 0.3) is 0 Å². The molecular weight excluding hydrogens is 539 g/mol. The lowest BCUT2D eigenvalue weighted by atomic mass is 10.2. The van der Waals surface area contributed by atoms with Gasteiger partial charge in [-0.05, 0) is 90.1 Å². The normalized spacial score (nSPS) is 9.74. The number of aryl methyl sites for hydroxylation is 2. The largest absolute Gasteiger partial charge is 0.312 e. The second-order valence-corrected chi connectivity index (χ2v) is 12.9. The molecule has 0 amide bonds. The molecule has 0 saturated heterocycles. The van der Waals surface area contributed by atoms with Crippen LogP contribution < -0.4 is 15.9 Å². The zero-order valence-electron chi connectivity index (χ0n) is 27.7. The van der Waals surface area contributed by atoms with E-state index < -0.39 is 7.92 Å². The second kappa shape index (κ2) is 24.0. The Labute approximate surface area is 264 Å². The molecule has 5 aromatic carbocycles. The maximum atomic E-state index is 2.23. The Morgan fingerprint density at radius 3 is 0.698 bits per heavy atom. The third-order valence-electron chi connectivity index (χ3n) is 5.55. The molecule has 0 spiro atoms. The van der Waals surface area contributed by atoms with Gasteiger partial charge in [-0.15, -0.1) is 0 Å². The van der Waals surface area contributed by atoms with Crippen LogP contribution in [0.3, 0.4) is 0 Å². The number of nitrogens with zero attached hydrogens (tertiary/aromatic N) is 2. The monoisotopic (exact) mass is 592 g/mol. The molecule has 0 aliphatic rings. The van der Waals surface area contributed by atoms with E-state index in [4.69, 9.17) is 0 Å². The highest BCUT2D eigenvalue weighted by Crippen LogP contribution is 2.32. The average molecular weight is 593 g/mol. The molecule has 43 heavy (non-hydrogen) atoms. The van der Waals surface area contributed by atoms with E-state index >= 15 is 0 Å². The minimum atomic E-state index is -0.446. The zero-order valence-corrected chi connectivity index (χ0v) is 28.6. The molecule has 0 aliphatic carbocycles. The standard InChI is InChI=1S/C18H15P.2C8H10.2C3H9N/c1-4-10-16(11-5-1)19(17-12-6-2-7-13-17)18-14-8-3-9-15-18;2*1-2-8-6-4-3-5-7-8;2*1-4(2)3/h1-15H;2*3-7H,2H2,1H3;2*1-3H3. The molecule has 0 atom stereocenters. The highest BCUT2D eigenvalue weighted by atomic mass is 31.1. The van der Waals surface area contributed by atoms with Gasteiger partial charge in [-0.3, -0.25) is 0 Å². The van der Waals surface area contributed by atoms with Crippen LogP contribution in [0, 0.1) is 0 Å². The van der Waals surface area contributed by atoms with Gasteiger partial charge in [0.05, 0.1) is 0 Å². The van der Waals surface area contributed by atoms with Crippen molar-refractivity contribution in [2.24, 2.45) is 0 Å². The van der Waals surface area contributed by atoms with Crippen molar-refractivity contribution in [1.82, 2.24) is 9.80 Å². The summed E-state index contributed by atoms with van der Waals surface area (Å²) in [7, 11) is 11.6. The predicted octanol–water partition coefficient (Wildman–Crippen LogP) is 8.30. The molecule has 3 heteroatoms. The number of hydrogen-bond donors (Lipinski definition) is 0. The Morgan fingerprint density at radius 2 is 0.535 bits per heavy atom. The topological polar surface area (TPSA) is 6.48 Å². The fourth-order valence-electron chi connectivity index (χ4n) is 3.61. The maximum Gasteiger partial charge on any atom is -0.0134 e. The SMILES string of the molecule is CCc1ccccc1.CCc1ccccc1.CN(C)C.CN(C)C.c1ccc(P(c2ccccc2)c2ccccc2)cc1. The summed E-state index contributed by atoms with van der Waals surface area (Å²) in [6, 6.07) is 53.2. The van der Waals surface area contributed by atoms with E-state index in [1.807, 2.05) is 64.2 Å². The summed E-state index contributed by atoms with van der Waals surface area (Å²) in [5.74, 6) is 0. The van der Waals surface area contributed by atoms with E-state index in [0.29, 0.717) is 0 Å². The van der Waals surface area contributed by atoms with E-state index in [0.717, 1.165) is 12.8 Å². The van der Waals surface area contributed by atoms with E-state index in [-0.39, 0.29) is 0 Å². The van der Waals surface area contributed by atoms with Gasteiger partial charge in [-0.25, -0.2) is 0 Å². The van der Waals surface area contributed by atoms with Crippen molar-refractivity contribution in [3.8, 4) is 0 Å². The molecule has 0 unspecified atom stereocenters. The highest BCUT2D eigenvalue weighted by molar-refractivity contribution is 7.79. The molecule has 228 valence electrons. The quantitative estimate of drug-likeness (QED) is 0.190. The van der Waals surface area contributed by atoms with Crippen LogP contribution in [0.5, 0.6) is 0 Å². The first kappa shape index (κ1) is 37.5. The van der Waals surface area contributed by atoms with Crippen molar-refractivity contribution in [3.05, 3.63) is 163 Å². The van der Waals surface area contributed by atoms with Gasteiger partial charge in [-0.2, -0.15) is 0 Å². The minimum absolute atomic E-state index is 0.446.